The van der Waals surface area contributed by atoms with Gasteiger partial charge in [0, 0.05) is 36.5 Å². The van der Waals surface area contributed by atoms with Crippen molar-refractivity contribution in [3.8, 4) is 5.75 Å². The van der Waals surface area contributed by atoms with Gasteiger partial charge in [0.1, 0.15) is 5.75 Å². The number of fused-ring (bicyclic) bond motifs is 2. The quantitative estimate of drug-likeness (QED) is 0.558. The minimum atomic E-state index is -0.0483. The second kappa shape index (κ2) is 7.94. The molecule has 28 heavy (non-hydrogen) atoms. The highest BCUT2D eigenvalue weighted by molar-refractivity contribution is 6.02. The summed E-state index contributed by atoms with van der Waals surface area (Å²) in [6.07, 6.45) is 6.07. The number of benzene rings is 1. The number of piperidine rings is 1. The number of nitrogens with zero attached hydrogens (tertiary/aromatic N) is 2. The average Bonchev–Trinajstić information content (AvgIpc) is 3.17. The highest BCUT2D eigenvalue weighted by Gasteiger charge is 2.47. The van der Waals surface area contributed by atoms with E-state index in [1.165, 1.54) is 4.90 Å². The Balaban J connectivity index is 1.42. The van der Waals surface area contributed by atoms with Gasteiger partial charge in [-0.3, -0.25) is 19.3 Å². The van der Waals surface area contributed by atoms with Crippen LogP contribution in [-0.4, -0.2) is 52.3 Å². The van der Waals surface area contributed by atoms with E-state index in [4.69, 9.17) is 4.74 Å². The Hall–Kier alpha value is -2.37. The van der Waals surface area contributed by atoms with E-state index >= 15 is 0 Å². The van der Waals surface area contributed by atoms with E-state index in [1.54, 1.807) is 0 Å². The molecule has 0 saturated carbocycles. The number of amides is 3. The average molecular weight is 384 g/mol. The number of carbonyl (C=O) groups is 3. The Labute approximate surface area is 165 Å². The molecule has 4 rings (SSSR count). The maximum atomic E-state index is 13.1. The normalized spacial score (nSPS) is 26.8. The van der Waals surface area contributed by atoms with Crippen molar-refractivity contribution in [3.05, 3.63) is 29.8 Å². The van der Waals surface area contributed by atoms with E-state index in [0.29, 0.717) is 37.9 Å². The molecule has 6 heteroatoms. The van der Waals surface area contributed by atoms with Crippen LogP contribution in [0.15, 0.2) is 24.3 Å². The van der Waals surface area contributed by atoms with E-state index in [0.717, 1.165) is 31.4 Å². The molecule has 2 atom stereocenters. The van der Waals surface area contributed by atoms with Crippen molar-refractivity contribution in [3.63, 3.8) is 0 Å². The predicted molar refractivity (Wildman–Crippen MR) is 104 cm³/mol. The summed E-state index contributed by atoms with van der Waals surface area (Å²) in [7, 11) is 0. The summed E-state index contributed by atoms with van der Waals surface area (Å²) in [5.74, 6) is 0.739. The molecule has 1 aromatic rings. The first kappa shape index (κ1) is 19.0. The maximum absolute atomic E-state index is 13.1. The van der Waals surface area contributed by atoms with Gasteiger partial charge in [-0.05, 0) is 56.4 Å². The third-order valence-electron chi connectivity index (χ3n) is 6.27. The number of ether oxygens (including phenoxy) is 1. The second-order valence-corrected chi connectivity index (χ2v) is 8.11. The van der Waals surface area contributed by atoms with Crippen molar-refractivity contribution in [1.82, 2.24) is 9.80 Å². The van der Waals surface area contributed by atoms with Gasteiger partial charge in [-0.25, -0.2) is 0 Å². The summed E-state index contributed by atoms with van der Waals surface area (Å²) in [5.41, 5.74) is 0.673. The molecule has 1 aromatic carbocycles. The number of hydrogen-bond donors (Lipinski definition) is 0. The van der Waals surface area contributed by atoms with Crippen LogP contribution in [0.5, 0.6) is 5.75 Å². The Morgan fingerprint density at radius 2 is 1.61 bits per heavy atom. The summed E-state index contributed by atoms with van der Waals surface area (Å²) in [4.78, 5) is 40.8. The summed E-state index contributed by atoms with van der Waals surface area (Å²) >= 11 is 0. The van der Waals surface area contributed by atoms with Crippen LogP contribution >= 0.6 is 0 Å². The third-order valence-corrected chi connectivity index (χ3v) is 6.27. The maximum Gasteiger partial charge on any atom is 0.254 e. The third kappa shape index (κ3) is 3.52. The van der Waals surface area contributed by atoms with Gasteiger partial charge in [0.15, 0.2) is 0 Å². The second-order valence-electron chi connectivity index (χ2n) is 8.11. The van der Waals surface area contributed by atoms with Crippen LogP contribution in [-0.2, 0) is 9.59 Å². The number of carbonyl (C=O) groups excluding carboxylic acids is 3. The molecule has 0 spiro atoms. The van der Waals surface area contributed by atoms with Gasteiger partial charge in [-0.15, -0.1) is 0 Å². The predicted octanol–water partition coefficient (Wildman–Crippen LogP) is 3.15. The standard InChI is InChI=1S/C22H28N2O4/c1-2-3-12-28-19-8-4-15(5-9-19)22(27)23-16-6-7-17(23)14-18(13-16)24-20(25)10-11-21(24)26/h4-5,8-9,16-18H,2-3,6-7,10-14H2,1H3. The van der Waals surface area contributed by atoms with Crippen LogP contribution in [0.3, 0.4) is 0 Å². The molecule has 3 amide bonds. The SMILES string of the molecule is CCCCOc1ccc(C(=O)N2C3CCC2CC(N2C(=O)CCC2=O)C3)cc1. The van der Waals surface area contributed by atoms with Crippen molar-refractivity contribution >= 4 is 17.7 Å². The fourth-order valence-corrected chi connectivity index (χ4v) is 4.87. The van der Waals surface area contributed by atoms with Crippen LogP contribution in [0.2, 0.25) is 0 Å². The van der Waals surface area contributed by atoms with Crippen molar-refractivity contribution in [2.45, 2.75) is 76.4 Å². The summed E-state index contributed by atoms with van der Waals surface area (Å²) in [6.45, 7) is 2.81. The highest BCUT2D eigenvalue weighted by atomic mass is 16.5. The number of hydrogen-bond acceptors (Lipinski definition) is 4. The smallest absolute Gasteiger partial charge is 0.254 e. The van der Waals surface area contributed by atoms with Crippen molar-refractivity contribution in [2.24, 2.45) is 0 Å². The van der Waals surface area contributed by atoms with Gasteiger partial charge in [0.2, 0.25) is 11.8 Å². The number of likely N-dealkylation sites (tertiary alicyclic amines) is 1. The fourth-order valence-electron chi connectivity index (χ4n) is 4.87. The molecule has 0 N–H and O–H groups in total. The molecule has 3 saturated heterocycles. The van der Waals surface area contributed by atoms with Gasteiger partial charge in [-0.2, -0.15) is 0 Å². The summed E-state index contributed by atoms with van der Waals surface area (Å²) in [5, 5.41) is 0. The van der Waals surface area contributed by atoms with E-state index in [9.17, 15) is 14.4 Å². The molecule has 3 aliphatic heterocycles. The van der Waals surface area contributed by atoms with Crippen LogP contribution in [0.1, 0.15) is 68.6 Å². The minimum Gasteiger partial charge on any atom is -0.494 e. The van der Waals surface area contributed by atoms with E-state index in [2.05, 4.69) is 6.92 Å². The fraction of sp³-hybridized carbons (Fsp3) is 0.591. The first-order valence-corrected chi connectivity index (χ1v) is 10.5. The molecule has 0 aliphatic carbocycles. The molecule has 2 unspecified atom stereocenters. The van der Waals surface area contributed by atoms with Crippen LogP contribution in [0, 0.1) is 0 Å². The van der Waals surface area contributed by atoms with Gasteiger partial charge in [0.25, 0.3) is 5.91 Å². The Morgan fingerprint density at radius 3 is 2.18 bits per heavy atom. The van der Waals surface area contributed by atoms with Crippen LogP contribution in [0.25, 0.3) is 0 Å². The molecule has 6 nitrogen and oxygen atoms in total. The zero-order valence-electron chi connectivity index (χ0n) is 16.4. The molecule has 0 aromatic heterocycles. The Morgan fingerprint density at radius 1 is 1.00 bits per heavy atom. The molecule has 3 aliphatic rings. The molecule has 0 radical (unpaired) electrons. The first-order valence-electron chi connectivity index (χ1n) is 10.5. The molecule has 150 valence electrons. The Bertz CT molecular complexity index is 730. The molecule has 3 heterocycles. The topological polar surface area (TPSA) is 66.9 Å². The highest BCUT2D eigenvalue weighted by Crippen LogP contribution is 2.39. The lowest BCUT2D eigenvalue weighted by atomic mass is 9.95. The zero-order chi connectivity index (χ0) is 19.7. The molecule has 2 bridgehead atoms. The molecular formula is C22H28N2O4. The van der Waals surface area contributed by atoms with Gasteiger partial charge >= 0.3 is 0 Å². The summed E-state index contributed by atoms with van der Waals surface area (Å²) < 4.78 is 5.68. The van der Waals surface area contributed by atoms with Crippen molar-refractivity contribution < 1.29 is 19.1 Å². The lowest BCUT2D eigenvalue weighted by Crippen LogP contribution is -2.53. The van der Waals surface area contributed by atoms with Crippen molar-refractivity contribution in [1.29, 1.82) is 0 Å². The first-order chi connectivity index (χ1) is 13.6. The Kier molecular flexibility index (Phi) is 5.38. The van der Waals surface area contributed by atoms with E-state index in [1.807, 2.05) is 29.2 Å². The minimum absolute atomic E-state index is 0.0432. The lowest BCUT2D eigenvalue weighted by Gasteiger charge is -2.41. The van der Waals surface area contributed by atoms with Crippen molar-refractivity contribution in [2.75, 3.05) is 6.61 Å². The van der Waals surface area contributed by atoms with Crippen LogP contribution < -0.4 is 4.74 Å². The number of rotatable bonds is 6. The lowest BCUT2D eigenvalue weighted by molar-refractivity contribution is -0.142. The largest absolute Gasteiger partial charge is 0.494 e. The van der Waals surface area contributed by atoms with E-state index in [-0.39, 0.29) is 35.8 Å². The van der Waals surface area contributed by atoms with Crippen LogP contribution in [0.4, 0.5) is 0 Å². The van der Waals surface area contributed by atoms with Gasteiger partial charge in [-0.1, -0.05) is 13.3 Å². The molecule has 3 fully saturated rings. The van der Waals surface area contributed by atoms with Gasteiger partial charge < -0.3 is 9.64 Å². The number of imide groups is 1. The summed E-state index contributed by atoms with van der Waals surface area (Å²) in [6, 6.07) is 7.57. The monoisotopic (exact) mass is 384 g/mol. The van der Waals surface area contributed by atoms with E-state index < -0.39 is 0 Å². The number of unbranched alkanes of at least 4 members (excludes halogenated alkanes) is 1. The zero-order valence-corrected chi connectivity index (χ0v) is 16.4. The molecular weight excluding hydrogens is 356 g/mol. The van der Waals surface area contributed by atoms with Gasteiger partial charge in [0.05, 0.1) is 6.61 Å².